The van der Waals surface area contributed by atoms with Gasteiger partial charge in [0, 0.05) is 12.8 Å². The molecule has 0 bridgehead atoms. The smallest absolute Gasteiger partial charge is 0.303 e. The van der Waals surface area contributed by atoms with E-state index in [1.54, 1.807) is 6.08 Å². The highest BCUT2D eigenvalue weighted by Gasteiger charge is 2.36. The minimum Gasteiger partial charge on any atom is -0.481 e. The SMILES string of the molecule is CC/C=C\C[C@@H](O)/C=C/[C@@H](O)[C@H]1C[C@H](O)[C@H](C/C=C\C/C=C\CCC(=O)O)O1. The first-order valence-corrected chi connectivity index (χ1v) is 9.98. The van der Waals surface area contributed by atoms with E-state index in [0.29, 0.717) is 32.1 Å². The van der Waals surface area contributed by atoms with E-state index in [0.717, 1.165) is 6.42 Å². The van der Waals surface area contributed by atoms with E-state index in [4.69, 9.17) is 9.84 Å². The Bertz CT molecular complexity index is 551. The van der Waals surface area contributed by atoms with Crippen molar-refractivity contribution in [3.8, 4) is 0 Å². The Morgan fingerprint density at radius 3 is 2.57 bits per heavy atom. The van der Waals surface area contributed by atoms with Gasteiger partial charge in [0.2, 0.25) is 0 Å². The molecule has 0 aromatic carbocycles. The van der Waals surface area contributed by atoms with Crippen LogP contribution in [0.15, 0.2) is 48.6 Å². The Labute approximate surface area is 167 Å². The normalized spacial score (nSPS) is 25.5. The summed E-state index contributed by atoms with van der Waals surface area (Å²) in [5.74, 6) is -0.804. The fourth-order valence-electron chi connectivity index (χ4n) is 2.87. The van der Waals surface area contributed by atoms with Gasteiger partial charge >= 0.3 is 5.97 Å². The highest BCUT2D eigenvalue weighted by Crippen LogP contribution is 2.26. The topological polar surface area (TPSA) is 107 Å². The number of hydrogen-bond acceptors (Lipinski definition) is 5. The van der Waals surface area contributed by atoms with Crippen LogP contribution in [0.4, 0.5) is 0 Å². The van der Waals surface area contributed by atoms with E-state index < -0.39 is 30.4 Å². The van der Waals surface area contributed by atoms with Gasteiger partial charge in [-0.3, -0.25) is 4.79 Å². The molecule has 28 heavy (non-hydrogen) atoms. The number of ether oxygens (including phenoxy) is 1. The Kier molecular flexibility index (Phi) is 12.4. The fraction of sp³-hybridized carbons (Fsp3) is 0.591. The zero-order valence-corrected chi connectivity index (χ0v) is 16.6. The second kappa shape index (κ2) is 14.3. The summed E-state index contributed by atoms with van der Waals surface area (Å²) in [6.45, 7) is 2.02. The van der Waals surface area contributed by atoms with Crippen molar-refractivity contribution >= 4 is 5.97 Å². The van der Waals surface area contributed by atoms with Gasteiger partial charge in [-0.2, -0.15) is 0 Å². The zero-order valence-electron chi connectivity index (χ0n) is 16.6. The first-order valence-electron chi connectivity index (χ1n) is 9.98. The molecular weight excluding hydrogens is 360 g/mol. The number of rotatable bonds is 13. The predicted molar refractivity (Wildman–Crippen MR) is 109 cm³/mol. The molecule has 1 saturated heterocycles. The second-order valence-electron chi connectivity index (χ2n) is 6.92. The number of allylic oxidation sites excluding steroid dienone is 4. The summed E-state index contributed by atoms with van der Waals surface area (Å²) in [5.41, 5.74) is 0. The van der Waals surface area contributed by atoms with Crippen molar-refractivity contribution in [1.82, 2.24) is 0 Å². The third-order valence-electron chi connectivity index (χ3n) is 4.44. The van der Waals surface area contributed by atoms with Crippen molar-refractivity contribution in [2.45, 2.75) is 82.4 Å². The zero-order chi connectivity index (χ0) is 20.8. The van der Waals surface area contributed by atoms with E-state index in [-0.39, 0.29) is 12.5 Å². The summed E-state index contributed by atoms with van der Waals surface area (Å²) >= 11 is 0. The molecule has 4 N–H and O–H groups in total. The molecule has 5 atom stereocenters. The number of aliphatic hydroxyl groups excluding tert-OH is 3. The van der Waals surface area contributed by atoms with Crippen LogP contribution < -0.4 is 0 Å². The number of carboxylic acid groups (broad SMARTS) is 1. The number of carboxylic acids is 1. The molecule has 0 aromatic heterocycles. The highest BCUT2D eigenvalue weighted by atomic mass is 16.5. The van der Waals surface area contributed by atoms with Gasteiger partial charge in [-0.15, -0.1) is 0 Å². The van der Waals surface area contributed by atoms with Gasteiger partial charge in [-0.25, -0.2) is 0 Å². The summed E-state index contributed by atoms with van der Waals surface area (Å²) in [5, 5.41) is 38.7. The average Bonchev–Trinajstić information content (AvgIpc) is 3.02. The first-order chi connectivity index (χ1) is 13.4. The Balaban J connectivity index is 2.32. The minimum absolute atomic E-state index is 0.132. The van der Waals surface area contributed by atoms with Crippen LogP contribution in [0.25, 0.3) is 0 Å². The first kappa shape index (κ1) is 24.3. The lowest BCUT2D eigenvalue weighted by atomic mass is 10.0. The maximum Gasteiger partial charge on any atom is 0.303 e. The lowest BCUT2D eigenvalue weighted by molar-refractivity contribution is -0.136. The van der Waals surface area contributed by atoms with Gasteiger partial charge in [0.25, 0.3) is 0 Å². The van der Waals surface area contributed by atoms with Gasteiger partial charge in [0.05, 0.1) is 30.5 Å². The van der Waals surface area contributed by atoms with Gasteiger partial charge < -0.3 is 25.2 Å². The standard InChI is InChI=1S/C22H34O6/c1-2-3-8-11-17(23)14-15-18(24)21-16-19(25)20(28-21)12-9-6-4-5-7-10-13-22(26)27/h3,5-9,14-15,17-21,23-25H,2,4,10-13,16H2,1H3,(H,26,27)/b7-5-,8-3-,9-6-,15-14+/t17-,18-,19+,20+,21-/m1/s1. The molecule has 0 radical (unpaired) electrons. The molecule has 1 aliphatic heterocycles. The largest absolute Gasteiger partial charge is 0.481 e. The van der Waals surface area contributed by atoms with Crippen molar-refractivity contribution in [1.29, 1.82) is 0 Å². The molecule has 6 nitrogen and oxygen atoms in total. The van der Waals surface area contributed by atoms with Crippen molar-refractivity contribution in [2.75, 3.05) is 0 Å². The van der Waals surface area contributed by atoms with Crippen molar-refractivity contribution in [3.63, 3.8) is 0 Å². The van der Waals surface area contributed by atoms with Crippen LogP contribution in [-0.4, -0.2) is 56.9 Å². The maximum absolute atomic E-state index is 10.4. The lowest BCUT2D eigenvalue weighted by Crippen LogP contribution is -2.24. The third kappa shape index (κ3) is 10.6. The van der Waals surface area contributed by atoms with Crippen LogP contribution in [0.5, 0.6) is 0 Å². The summed E-state index contributed by atoms with van der Waals surface area (Å²) in [6.07, 6.45) is 15.2. The van der Waals surface area contributed by atoms with Crippen LogP contribution in [0.1, 0.15) is 51.9 Å². The van der Waals surface area contributed by atoms with Crippen LogP contribution in [0, 0.1) is 0 Å². The number of aliphatic carboxylic acids is 1. The van der Waals surface area contributed by atoms with E-state index in [9.17, 15) is 20.1 Å². The van der Waals surface area contributed by atoms with E-state index in [2.05, 4.69) is 0 Å². The maximum atomic E-state index is 10.4. The number of carbonyl (C=O) groups is 1. The van der Waals surface area contributed by atoms with Crippen molar-refractivity contribution in [2.24, 2.45) is 0 Å². The summed E-state index contributed by atoms with van der Waals surface area (Å²) in [4.78, 5) is 10.4. The summed E-state index contributed by atoms with van der Waals surface area (Å²) in [7, 11) is 0. The monoisotopic (exact) mass is 394 g/mol. The predicted octanol–water partition coefficient (Wildman–Crippen LogP) is 2.90. The summed E-state index contributed by atoms with van der Waals surface area (Å²) < 4.78 is 5.76. The Morgan fingerprint density at radius 1 is 1.11 bits per heavy atom. The molecule has 1 fully saturated rings. The van der Waals surface area contributed by atoms with E-state index >= 15 is 0 Å². The van der Waals surface area contributed by atoms with Gasteiger partial charge in [-0.1, -0.05) is 55.5 Å². The molecule has 1 rings (SSSR count). The minimum atomic E-state index is -0.870. The van der Waals surface area contributed by atoms with Gasteiger partial charge in [-0.05, 0) is 32.1 Å². The van der Waals surface area contributed by atoms with Crippen LogP contribution in [-0.2, 0) is 9.53 Å². The van der Waals surface area contributed by atoms with Crippen LogP contribution >= 0.6 is 0 Å². The summed E-state index contributed by atoms with van der Waals surface area (Å²) in [6, 6.07) is 0. The molecule has 0 unspecified atom stereocenters. The highest BCUT2D eigenvalue weighted by molar-refractivity contribution is 5.66. The Morgan fingerprint density at radius 2 is 1.86 bits per heavy atom. The number of hydrogen-bond donors (Lipinski definition) is 4. The van der Waals surface area contributed by atoms with Crippen LogP contribution in [0.2, 0.25) is 0 Å². The molecule has 0 aliphatic carbocycles. The fourth-order valence-corrected chi connectivity index (χ4v) is 2.87. The third-order valence-corrected chi connectivity index (χ3v) is 4.44. The number of aliphatic hydroxyl groups is 3. The van der Waals surface area contributed by atoms with Crippen molar-refractivity contribution in [3.05, 3.63) is 48.6 Å². The Hall–Kier alpha value is -1.73. The lowest BCUT2D eigenvalue weighted by Gasteiger charge is -2.16. The van der Waals surface area contributed by atoms with E-state index in [1.165, 1.54) is 6.08 Å². The molecule has 0 amide bonds. The molecule has 0 aromatic rings. The second-order valence-corrected chi connectivity index (χ2v) is 6.92. The molecule has 6 heteroatoms. The molecule has 0 saturated carbocycles. The van der Waals surface area contributed by atoms with Crippen LogP contribution in [0.3, 0.4) is 0 Å². The average molecular weight is 395 g/mol. The van der Waals surface area contributed by atoms with Crippen molar-refractivity contribution < 1.29 is 30.0 Å². The molecule has 158 valence electrons. The van der Waals surface area contributed by atoms with E-state index in [1.807, 2.05) is 43.4 Å². The quantitative estimate of drug-likeness (QED) is 0.358. The van der Waals surface area contributed by atoms with Gasteiger partial charge in [0.15, 0.2) is 0 Å². The molecular formula is C22H34O6. The molecule has 1 aliphatic rings. The molecule has 1 heterocycles. The molecule has 0 spiro atoms. The van der Waals surface area contributed by atoms with Gasteiger partial charge in [0.1, 0.15) is 0 Å².